The predicted octanol–water partition coefficient (Wildman–Crippen LogP) is 2.49. The van der Waals surface area contributed by atoms with E-state index in [-0.39, 0.29) is 5.75 Å². The Labute approximate surface area is 120 Å². The summed E-state index contributed by atoms with van der Waals surface area (Å²) in [5, 5.41) is 0.926. The molecule has 104 valence electrons. The Hall–Kier alpha value is -3.08. The van der Waals surface area contributed by atoms with E-state index >= 15 is 0 Å². The fourth-order valence-corrected chi connectivity index (χ4v) is 2.13. The lowest BCUT2D eigenvalue weighted by Crippen LogP contribution is -2.12. The van der Waals surface area contributed by atoms with Gasteiger partial charge in [0.1, 0.15) is 5.75 Å². The minimum Gasteiger partial charge on any atom is -0.423 e. The van der Waals surface area contributed by atoms with E-state index in [1.165, 1.54) is 6.07 Å². The van der Waals surface area contributed by atoms with Crippen LogP contribution in [0.4, 0.5) is 0 Å². The average Bonchev–Trinajstić information content (AvgIpc) is 2.95. The topological polar surface area (TPSA) is 85.2 Å². The van der Waals surface area contributed by atoms with E-state index in [1.807, 2.05) is 12.1 Å². The lowest BCUT2D eigenvalue weighted by molar-refractivity contribution is 0.0735. The summed E-state index contributed by atoms with van der Waals surface area (Å²) in [4.78, 5) is 26.4. The van der Waals surface area contributed by atoms with Crippen LogP contribution < -0.4 is 10.5 Å². The summed E-state index contributed by atoms with van der Waals surface area (Å²) >= 11 is 0. The van der Waals surface area contributed by atoms with Crippen LogP contribution in [-0.4, -0.2) is 16.9 Å². The van der Waals surface area contributed by atoms with Crippen LogP contribution in [-0.2, 0) is 0 Å². The molecule has 0 bridgehead atoms. The van der Waals surface area contributed by atoms with Crippen molar-refractivity contribution in [2.75, 3.05) is 0 Å². The van der Waals surface area contributed by atoms with Crippen LogP contribution in [0.1, 0.15) is 20.7 Å². The highest BCUT2D eigenvalue weighted by Gasteiger charge is 2.13. The van der Waals surface area contributed by atoms with E-state index in [9.17, 15) is 9.59 Å². The smallest absolute Gasteiger partial charge is 0.345 e. The first-order valence-corrected chi connectivity index (χ1v) is 6.33. The Morgan fingerprint density at radius 2 is 1.86 bits per heavy atom. The maximum absolute atomic E-state index is 12.2. The van der Waals surface area contributed by atoms with Crippen molar-refractivity contribution in [1.29, 1.82) is 0 Å². The molecular weight excluding hydrogens is 268 g/mol. The predicted molar refractivity (Wildman–Crippen MR) is 78.2 cm³/mol. The van der Waals surface area contributed by atoms with Crippen LogP contribution in [0.3, 0.4) is 0 Å². The van der Waals surface area contributed by atoms with Gasteiger partial charge in [-0.2, -0.15) is 0 Å². The van der Waals surface area contributed by atoms with Crippen molar-refractivity contribution in [2.24, 2.45) is 5.73 Å². The monoisotopic (exact) mass is 280 g/mol. The van der Waals surface area contributed by atoms with Crippen molar-refractivity contribution in [3.05, 3.63) is 65.9 Å². The van der Waals surface area contributed by atoms with Crippen molar-refractivity contribution in [1.82, 2.24) is 4.98 Å². The Kier molecular flexibility index (Phi) is 3.16. The zero-order valence-electron chi connectivity index (χ0n) is 11.0. The first kappa shape index (κ1) is 12.9. The maximum atomic E-state index is 12.2. The van der Waals surface area contributed by atoms with E-state index in [2.05, 4.69) is 4.98 Å². The van der Waals surface area contributed by atoms with Crippen molar-refractivity contribution >= 4 is 22.8 Å². The molecule has 1 amide bonds. The SMILES string of the molecule is NC(=O)c1cccc(OC(=O)c2cccc3cc[nH]c23)c1. The van der Waals surface area contributed by atoms with Gasteiger partial charge in [0, 0.05) is 17.1 Å². The number of nitrogens with two attached hydrogens (primary N) is 1. The van der Waals surface area contributed by atoms with Gasteiger partial charge in [-0.25, -0.2) is 4.79 Å². The molecule has 5 nitrogen and oxygen atoms in total. The number of aromatic nitrogens is 1. The van der Waals surface area contributed by atoms with Crippen LogP contribution in [0.15, 0.2) is 54.7 Å². The molecule has 0 aliphatic heterocycles. The van der Waals surface area contributed by atoms with E-state index in [0.717, 1.165) is 5.39 Å². The van der Waals surface area contributed by atoms with Gasteiger partial charge in [0.05, 0.1) is 11.1 Å². The molecule has 0 spiro atoms. The Balaban J connectivity index is 1.91. The molecule has 3 aromatic rings. The number of carbonyl (C=O) groups excluding carboxylic acids is 2. The van der Waals surface area contributed by atoms with Crippen LogP contribution in [0.2, 0.25) is 0 Å². The molecule has 0 fully saturated rings. The number of nitrogens with one attached hydrogen (secondary N) is 1. The van der Waals surface area contributed by atoms with E-state index in [0.29, 0.717) is 16.6 Å². The number of para-hydroxylation sites is 1. The highest BCUT2D eigenvalue weighted by Crippen LogP contribution is 2.20. The molecule has 1 aromatic heterocycles. The summed E-state index contributed by atoms with van der Waals surface area (Å²) in [6.45, 7) is 0. The quantitative estimate of drug-likeness (QED) is 0.571. The number of primary amides is 1. The van der Waals surface area contributed by atoms with Gasteiger partial charge in [0.25, 0.3) is 0 Å². The van der Waals surface area contributed by atoms with Crippen LogP contribution in [0.5, 0.6) is 5.75 Å². The molecule has 21 heavy (non-hydrogen) atoms. The number of esters is 1. The summed E-state index contributed by atoms with van der Waals surface area (Å²) in [6, 6.07) is 13.4. The third kappa shape index (κ3) is 2.49. The summed E-state index contributed by atoms with van der Waals surface area (Å²) in [5.74, 6) is -0.788. The number of benzene rings is 2. The molecule has 5 heteroatoms. The second kappa shape index (κ2) is 5.13. The van der Waals surface area contributed by atoms with Crippen LogP contribution in [0.25, 0.3) is 10.9 Å². The maximum Gasteiger partial charge on any atom is 0.345 e. The first-order chi connectivity index (χ1) is 10.1. The van der Waals surface area contributed by atoms with E-state index in [4.69, 9.17) is 10.5 Å². The number of hydrogen-bond donors (Lipinski definition) is 2. The van der Waals surface area contributed by atoms with Crippen molar-refractivity contribution in [3.63, 3.8) is 0 Å². The third-order valence-electron chi connectivity index (χ3n) is 3.14. The van der Waals surface area contributed by atoms with Crippen molar-refractivity contribution < 1.29 is 14.3 Å². The zero-order chi connectivity index (χ0) is 14.8. The number of fused-ring (bicyclic) bond motifs is 1. The van der Waals surface area contributed by atoms with E-state index < -0.39 is 11.9 Å². The zero-order valence-corrected chi connectivity index (χ0v) is 11.0. The summed E-state index contributed by atoms with van der Waals surface area (Å²) in [5.41, 5.74) is 6.64. The second-order valence-electron chi connectivity index (χ2n) is 4.53. The summed E-state index contributed by atoms with van der Waals surface area (Å²) < 4.78 is 5.30. The molecule has 3 rings (SSSR count). The Bertz CT molecular complexity index is 836. The lowest BCUT2D eigenvalue weighted by Gasteiger charge is -2.06. The second-order valence-corrected chi connectivity index (χ2v) is 4.53. The highest BCUT2D eigenvalue weighted by atomic mass is 16.5. The van der Waals surface area contributed by atoms with Gasteiger partial charge in [-0.05, 0) is 30.3 Å². The molecule has 3 N–H and O–H groups in total. The number of ether oxygens (including phenoxy) is 1. The van der Waals surface area contributed by atoms with Gasteiger partial charge in [0.15, 0.2) is 0 Å². The number of aromatic amines is 1. The fourth-order valence-electron chi connectivity index (χ4n) is 2.13. The van der Waals surface area contributed by atoms with Crippen molar-refractivity contribution in [2.45, 2.75) is 0 Å². The molecule has 0 saturated carbocycles. The fraction of sp³-hybridized carbons (Fsp3) is 0. The van der Waals surface area contributed by atoms with Crippen LogP contribution in [0, 0.1) is 0 Å². The minimum absolute atomic E-state index is 0.278. The molecule has 0 unspecified atom stereocenters. The molecule has 0 atom stereocenters. The molecular formula is C16H12N2O3. The third-order valence-corrected chi connectivity index (χ3v) is 3.14. The number of rotatable bonds is 3. The van der Waals surface area contributed by atoms with Gasteiger partial charge < -0.3 is 15.5 Å². The van der Waals surface area contributed by atoms with Crippen LogP contribution >= 0.6 is 0 Å². The molecule has 0 aliphatic rings. The van der Waals surface area contributed by atoms with Gasteiger partial charge >= 0.3 is 5.97 Å². The number of carbonyl (C=O) groups is 2. The molecule has 2 aromatic carbocycles. The first-order valence-electron chi connectivity index (χ1n) is 6.33. The van der Waals surface area contributed by atoms with Crippen molar-refractivity contribution in [3.8, 4) is 5.75 Å². The molecule has 0 saturated heterocycles. The molecule has 0 radical (unpaired) electrons. The summed E-state index contributed by atoms with van der Waals surface area (Å²) in [6.07, 6.45) is 1.76. The lowest BCUT2D eigenvalue weighted by atomic mass is 10.1. The van der Waals surface area contributed by atoms with Gasteiger partial charge in [-0.3, -0.25) is 4.79 Å². The largest absolute Gasteiger partial charge is 0.423 e. The standard InChI is InChI=1S/C16H12N2O3/c17-15(19)11-4-1-5-12(9-11)21-16(20)13-6-2-3-10-7-8-18-14(10)13/h1-9,18H,(H2,17,19). The average molecular weight is 280 g/mol. The number of hydrogen-bond acceptors (Lipinski definition) is 3. The highest BCUT2D eigenvalue weighted by molar-refractivity contribution is 6.03. The molecule has 1 heterocycles. The van der Waals surface area contributed by atoms with Gasteiger partial charge in [-0.15, -0.1) is 0 Å². The normalized spacial score (nSPS) is 10.5. The van der Waals surface area contributed by atoms with Gasteiger partial charge in [0.2, 0.25) is 5.91 Å². The minimum atomic E-state index is -0.570. The summed E-state index contributed by atoms with van der Waals surface area (Å²) in [7, 11) is 0. The molecule has 0 aliphatic carbocycles. The van der Waals surface area contributed by atoms with E-state index in [1.54, 1.807) is 36.5 Å². The Morgan fingerprint density at radius 3 is 2.67 bits per heavy atom. The Morgan fingerprint density at radius 1 is 1.05 bits per heavy atom. The van der Waals surface area contributed by atoms with Gasteiger partial charge in [-0.1, -0.05) is 18.2 Å². The number of amides is 1. The number of H-pyrrole nitrogens is 1.